The number of nitrogens with one attached hydrogen (secondary N) is 1. The van der Waals surface area contributed by atoms with Gasteiger partial charge in [0.1, 0.15) is 5.52 Å². The summed E-state index contributed by atoms with van der Waals surface area (Å²) in [4.78, 5) is 14.6. The Balaban J connectivity index is 2.32. The molecule has 0 unspecified atom stereocenters. The van der Waals surface area contributed by atoms with E-state index in [0.717, 1.165) is 16.8 Å². The van der Waals surface area contributed by atoms with Gasteiger partial charge in [0.25, 0.3) is 5.56 Å². The molecule has 0 saturated heterocycles. The summed E-state index contributed by atoms with van der Waals surface area (Å²) in [5.41, 5.74) is 2.98. The molecule has 0 radical (unpaired) electrons. The van der Waals surface area contributed by atoms with E-state index >= 15 is 0 Å². The first kappa shape index (κ1) is 7.85. The third kappa shape index (κ3) is 1.09. The third-order valence-corrected chi connectivity index (χ3v) is 2.77. The standard InChI is InChI=1S/C11H12N2O/c1-7-4-10-11(14)12-9(8-2-3-8)6-13(10)5-7/h4-6,8H,2-3H2,1H3,(H,12,14). The maximum absolute atomic E-state index is 11.7. The van der Waals surface area contributed by atoms with Crippen LogP contribution in [-0.4, -0.2) is 9.38 Å². The van der Waals surface area contributed by atoms with Gasteiger partial charge in [-0.2, -0.15) is 0 Å². The van der Waals surface area contributed by atoms with Gasteiger partial charge in [-0.15, -0.1) is 0 Å². The lowest BCUT2D eigenvalue weighted by Gasteiger charge is -1.99. The van der Waals surface area contributed by atoms with Crippen molar-refractivity contribution in [1.29, 1.82) is 0 Å². The minimum absolute atomic E-state index is 0.0301. The second-order valence-corrected chi connectivity index (χ2v) is 4.12. The monoisotopic (exact) mass is 188 g/mol. The van der Waals surface area contributed by atoms with Gasteiger partial charge < -0.3 is 9.38 Å². The third-order valence-electron chi connectivity index (χ3n) is 2.77. The molecule has 0 bridgehead atoms. The molecule has 3 nitrogen and oxygen atoms in total. The number of nitrogens with zero attached hydrogens (tertiary/aromatic N) is 1. The van der Waals surface area contributed by atoms with Crippen LogP contribution in [0.4, 0.5) is 0 Å². The molecule has 14 heavy (non-hydrogen) atoms. The van der Waals surface area contributed by atoms with Gasteiger partial charge >= 0.3 is 0 Å². The molecule has 0 aromatic carbocycles. The zero-order chi connectivity index (χ0) is 9.71. The second kappa shape index (κ2) is 2.50. The highest BCUT2D eigenvalue weighted by Gasteiger charge is 2.25. The van der Waals surface area contributed by atoms with Crippen molar-refractivity contribution in [2.75, 3.05) is 0 Å². The van der Waals surface area contributed by atoms with Crippen molar-refractivity contribution in [3.63, 3.8) is 0 Å². The summed E-state index contributed by atoms with van der Waals surface area (Å²) >= 11 is 0. The average Bonchev–Trinajstić information content (AvgIpc) is 2.89. The lowest BCUT2D eigenvalue weighted by atomic mass is 10.3. The van der Waals surface area contributed by atoms with E-state index in [4.69, 9.17) is 0 Å². The number of hydrogen-bond donors (Lipinski definition) is 1. The Hall–Kier alpha value is -1.51. The smallest absolute Gasteiger partial charge is 0.272 e. The van der Waals surface area contributed by atoms with Crippen LogP contribution >= 0.6 is 0 Å². The van der Waals surface area contributed by atoms with E-state index in [-0.39, 0.29) is 5.56 Å². The number of rotatable bonds is 1. The molecular weight excluding hydrogens is 176 g/mol. The molecule has 0 aliphatic heterocycles. The Labute approximate surface area is 81.4 Å². The summed E-state index contributed by atoms with van der Waals surface area (Å²) in [6.07, 6.45) is 6.46. The number of aryl methyl sites for hydroxylation is 1. The Morgan fingerprint density at radius 2 is 2.21 bits per heavy atom. The van der Waals surface area contributed by atoms with Gasteiger partial charge in [0.2, 0.25) is 0 Å². The van der Waals surface area contributed by atoms with E-state index in [1.807, 2.05) is 29.8 Å². The fourth-order valence-corrected chi connectivity index (χ4v) is 1.89. The van der Waals surface area contributed by atoms with Gasteiger partial charge in [-0.3, -0.25) is 4.79 Å². The quantitative estimate of drug-likeness (QED) is 0.728. The second-order valence-electron chi connectivity index (χ2n) is 4.12. The number of aromatic nitrogens is 2. The van der Waals surface area contributed by atoms with E-state index in [1.165, 1.54) is 12.8 Å². The van der Waals surface area contributed by atoms with Crippen LogP contribution in [0.3, 0.4) is 0 Å². The van der Waals surface area contributed by atoms with Crippen LogP contribution in [0, 0.1) is 6.92 Å². The Bertz CT molecular complexity index is 546. The summed E-state index contributed by atoms with van der Waals surface area (Å²) in [7, 11) is 0. The number of hydrogen-bond acceptors (Lipinski definition) is 1. The lowest BCUT2D eigenvalue weighted by molar-refractivity contribution is 0.953. The highest BCUT2D eigenvalue weighted by Crippen LogP contribution is 2.38. The van der Waals surface area contributed by atoms with Crippen molar-refractivity contribution in [3.05, 3.63) is 40.1 Å². The van der Waals surface area contributed by atoms with E-state index in [0.29, 0.717) is 5.92 Å². The molecule has 0 amide bonds. The van der Waals surface area contributed by atoms with Crippen molar-refractivity contribution < 1.29 is 0 Å². The van der Waals surface area contributed by atoms with Crippen LogP contribution in [0.5, 0.6) is 0 Å². The first-order chi connectivity index (χ1) is 6.74. The molecule has 1 saturated carbocycles. The molecule has 0 atom stereocenters. The molecule has 1 fully saturated rings. The summed E-state index contributed by atoms with van der Waals surface area (Å²) in [6.45, 7) is 2.00. The van der Waals surface area contributed by atoms with Gasteiger partial charge in [0.05, 0.1) is 0 Å². The topological polar surface area (TPSA) is 37.3 Å². The van der Waals surface area contributed by atoms with Crippen LogP contribution < -0.4 is 5.56 Å². The number of H-pyrrole nitrogens is 1. The van der Waals surface area contributed by atoms with Crippen molar-refractivity contribution in [3.8, 4) is 0 Å². The van der Waals surface area contributed by atoms with E-state index in [9.17, 15) is 4.79 Å². The van der Waals surface area contributed by atoms with Gasteiger partial charge in [-0.1, -0.05) is 0 Å². The molecular formula is C11H12N2O. The predicted octanol–water partition coefficient (Wildman–Crippen LogP) is 1.81. The number of fused-ring (bicyclic) bond motifs is 1. The average molecular weight is 188 g/mol. The van der Waals surface area contributed by atoms with Crippen molar-refractivity contribution >= 4 is 5.52 Å². The molecule has 72 valence electrons. The zero-order valence-electron chi connectivity index (χ0n) is 8.08. The maximum atomic E-state index is 11.7. The number of aromatic amines is 1. The fourth-order valence-electron chi connectivity index (χ4n) is 1.89. The summed E-state index contributed by atoms with van der Waals surface area (Å²) in [6, 6.07) is 1.91. The van der Waals surface area contributed by atoms with Crippen molar-refractivity contribution in [1.82, 2.24) is 9.38 Å². The summed E-state index contributed by atoms with van der Waals surface area (Å²) in [5, 5.41) is 0. The zero-order valence-corrected chi connectivity index (χ0v) is 8.08. The first-order valence-electron chi connectivity index (χ1n) is 4.95. The molecule has 2 heterocycles. The molecule has 0 spiro atoms. The van der Waals surface area contributed by atoms with E-state index < -0.39 is 0 Å². The molecule has 1 N–H and O–H groups in total. The largest absolute Gasteiger partial charge is 0.323 e. The Kier molecular flexibility index (Phi) is 1.40. The van der Waals surface area contributed by atoms with Crippen molar-refractivity contribution in [2.24, 2.45) is 0 Å². The van der Waals surface area contributed by atoms with E-state index in [1.54, 1.807) is 0 Å². The van der Waals surface area contributed by atoms with Gasteiger partial charge in [-0.25, -0.2) is 0 Å². The summed E-state index contributed by atoms with van der Waals surface area (Å²) in [5.74, 6) is 0.592. The SMILES string of the molecule is Cc1cc2c(=O)[nH]c(C3CC3)cn2c1. The Morgan fingerprint density at radius 1 is 1.43 bits per heavy atom. The lowest BCUT2D eigenvalue weighted by Crippen LogP contribution is -2.11. The minimum Gasteiger partial charge on any atom is -0.323 e. The highest BCUT2D eigenvalue weighted by molar-refractivity contribution is 5.48. The molecule has 2 aromatic heterocycles. The molecule has 1 aliphatic carbocycles. The van der Waals surface area contributed by atoms with Crippen LogP contribution in [0.15, 0.2) is 23.3 Å². The van der Waals surface area contributed by atoms with Crippen LogP contribution in [0.2, 0.25) is 0 Å². The summed E-state index contributed by atoms with van der Waals surface area (Å²) < 4.78 is 1.93. The van der Waals surface area contributed by atoms with Gasteiger partial charge in [0.15, 0.2) is 0 Å². The minimum atomic E-state index is 0.0301. The predicted molar refractivity (Wildman–Crippen MR) is 54.7 cm³/mol. The molecule has 2 aromatic rings. The van der Waals surface area contributed by atoms with Gasteiger partial charge in [-0.05, 0) is 31.4 Å². The highest BCUT2D eigenvalue weighted by atomic mass is 16.1. The molecule has 1 aliphatic rings. The molecule has 3 heteroatoms. The van der Waals surface area contributed by atoms with Crippen LogP contribution in [-0.2, 0) is 0 Å². The van der Waals surface area contributed by atoms with Crippen LogP contribution in [0.25, 0.3) is 5.52 Å². The maximum Gasteiger partial charge on any atom is 0.272 e. The van der Waals surface area contributed by atoms with Crippen molar-refractivity contribution in [2.45, 2.75) is 25.7 Å². The molecule has 3 rings (SSSR count). The fraction of sp³-hybridized carbons (Fsp3) is 0.364. The van der Waals surface area contributed by atoms with Gasteiger partial charge in [0, 0.05) is 24.0 Å². The van der Waals surface area contributed by atoms with E-state index in [2.05, 4.69) is 4.98 Å². The first-order valence-corrected chi connectivity index (χ1v) is 4.95. The van der Waals surface area contributed by atoms with Crippen LogP contribution in [0.1, 0.15) is 30.0 Å². The Morgan fingerprint density at radius 3 is 2.93 bits per heavy atom. The normalized spacial score (nSPS) is 16.4.